The third-order valence-electron chi connectivity index (χ3n) is 4.61. The highest BCUT2D eigenvalue weighted by atomic mass is 35.5. The second-order valence-electron chi connectivity index (χ2n) is 6.49. The Balaban J connectivity index is 1.52. The number of benzene rings is 1. The van der Waals surface area contributed by atoms with Crippen LogP contribution in [0, 0.1) is 0 Å². The summed E-state index contributed by atoms with van der Waals surface area (Å²) in [6, 6.07) is 5.98. The number of carbonyl (C=O) groups excluding carboxylic acids is 1. The Morgan fingerprint density at radius 3 is 2.70 bits per heavy atom. The molecule has 4 rings (SSSR count). The Kier molecular flexibility index (Phi) is 4.30. The molecule has 0 bridgehead atoms. The Morgan fingerprint density at radius 2 is 2.07 bits per heavy atom. The van der Waals surface area contributed by atoms with E-state index >= 15 is 0 Å². The van der Waals surface area contributed by atoms with Gasteiger partial charge in [0.25, 0.3) is 0 Å². The number of hydrogen-bond acceptors (Lipinski definition) is 4. The summed E-state index contributed by atoms with van der Waals surface area (Å²) < 4.78 is 35.2. The molecule has 6 nitrogen and oxygen atoms in total. The zero-order chi connectivity index (χ0) is 19.2. The maximum atomic E-state index is 13.2. The van der Waals surface area contributed by atoms with Gasteiger partial charge >= 0.3 is 12.3 Å². The largest absolute Gasteiger partial charge is 0.586 e. The van der Waals surface area contributed by atoms with Crippen molar-refractivity contribution in [2.24, 2.45) is 0 Å². The summed E-state index contributed by atoms with van der Waals surface area (Å²) in [6.45, 7) is 2.73. The summed E-state index contributed by atoms with van der Waals surface area (Å²) in [7, 11) is 0. The van der Waals surface area contributed by atoms with E-state index in [0.29, 0.717) is 16.9 Å². The standard InChI is InChI=1S/C18H16ClF2N3O3/c1-10-3-2-6-24(10)17(25)23-16-5-4-11(9-22-16)12-7-14-15(8-13(12)19)27-18(20,21)26-14/h4-5,7-10H,2-3,6H2,1H3,(H,22,23,25). The lowest BCUT2D eigenvalue weighted by Crippen LogP contribution is -2.37. The van der Waals surface area contributed by atoms with Crippen LogP contribution < -0.4 is 14.8 Å². The molecule has 27 heavy (non-hydrogen) atoms. The van der Waals surface area contributed by atoms with Crippen LogP contribution in [0.25, 0.3) is 11.1 Å². The number of halogens is 3. The quantitative estimate of drug-likeness (QED) is 0.797. The second-order valence-corrected chi connectivity index (χ2v) is 6.90. The van der Waals surface area contributed by atoms with Crippen molar-refractivity contribution < 1.29 is 23.0 Å². The number of alkyl halides is 2. The molecule has 1 saturated heterocycles. The SMILES string of the molecule is CC1CCCN1C(=O)Nc1ccc(-c2cc3c(cc2Cl)OC(F)(F)O3)cn1. The summed E-state index contributed by atoms with van der Waals surface area (Å²) >= 11 is 6.18. The Hall–Kier alpha value is -2.61. The number of hydrogen-bond donors (Lipinski definition) is 1. The van der Waals surface area contributed by atoms with E-state index in [1.165, 1.54) is 18.3 Å². The normalized spacial score (nSPS) is 20.0. The number of anilines is 1. The van der Waals surface area contributed by atoms with Crippen LogP contribution in [0.1, 0.15) is 19.8 Å². The van der Waals surface area contributed by atoms with Crippen LogP contribution in [0.5, 0.6) is 11.5 Å². The van der Waals surface area contributed by atoms with E-state index in [0.717, 1.165) is 19.4 Å². The number of amides is 2. The molecule has 9 heteroatoms. The maximum absolute atomic E-state index is 13.2. The van der Waals surface area contributed by atoms with Gasteiger partial charge in [-0.25, -0.2) is 9.78 Å². The minimum absolute atomic E-state index is 0.0974. The molecular formula is C18H16ClF2N3O3. The molecule has 2 aliphatic rings. The molecule has 1 aromatic carbocycles. The number of urea groups is 1. The Bertz CT molecular complexity index is 892. The van der Waals surface area contributed by atoms with Gasteiger partial charge in [-0.3, -0.25) is 5.32 Å². The monoisotopic (exact) mass is 395 g/mol. The first-order chi connectivity index (χ1) is 12.8. The molecule has 0 aliphatic carbocycles. The van der Waals surface area contributed by atoms with Gasteiger partial charge in [0.1, 0.15) is 5.82 Å². The number of rotatable bonds is 2. The van der Waals surface area contributed by atoms with E-state index in [-0.39, 0.29) is 28.6 Å². The summed E-state index contributed by atoms with van der Waals surface area (Å²) in [5.74, 6) is 0.177. The van der Waals surface area contributed by atoms with E-state index in [9.17, 15) is 13.6 Å². The first-order valence-corrected chi connectivity index (χ1v) is 8.84. The summed E-state index contributed by atoms with van der Waals surface area (Å²) in [6.07, 6.45) is -0.224. The van der Waals surface area contributed by atoms with Gasteiger partial charge in [0.2, 0.25) is 0 Å². The lowest BCUT2D eigenvalue weighted by Gasteiger charge is -2.21. The average Bonchev–Trinajstić information content (AvgIpc) is 3.16. The van der Waals surface area contributed by atoms with Gasteiger partial charge < -0.3 is 14.4 Å². The third-order valence-corrected chi connectivity index (χ3v) is 4.93. The first kappa shape index (κ1) is 17.8. The van der Waals surface area contributed by atoms with Crippen LogP contribution in [0.15, 0.2) is 30.5 Å². The predicted octanol–water partition coefficient (Wildman–Crippen LogP) is 4.74. The molecule has 0 radical (unpaired) electrons. The van der Waals surface area contributed by atoms with Crippen molar-refractivity contribution in [3.8, 4) is 22.6 Å². The van der Waals surface area contributed by atoms with Crippen LogP contribution >= 0.6 is 11.6 Å². The second kappa shape index (κ2) is 6.53. The van der Waals surface area contributed by atoms with Crippen molar-refractivity contribution in [3.05, 3.63) is 35.5 Å². The lowest BCUT2D eigenvalue weighted by molar-refractivity contribution is -0.286. The van der Waals surface area contributed by atoms with E-state index in [4.69, 9.17) is 11.6 Å². The van der Waals surface area contributed by atoms with E-state index in [2.05, 4.69) is 19.8 Å². The molecule has 0 saturated carbocycles. The fourth-order valence-electron chi connectivity index (χ4n) is 3.24. The fraction of sp³-hybridized carbons (Fsp3) is 0.333. The number of nitrogens with one attached hydrogen (secondary N) is 1. The number of pyridine rings is 1. The molecule has 2 aliphatic heterocycles. The molecule has 3 heterocycles. The fourth-order valence-corrected chi connectivity index (χ4v) is 3.50. The molecule has 1 unspecified atom stereocenters. The summed E-state index contributed by atoms with van der Waals surface area (Å²) in [5, 5.41) is 2.98. The zero-order valence-electron chi connectivity index (χ0n) is 14.3. The topological polar surface area (TPSA) is 63.7 Å². The summed E-state index contributed by atoms with van der Waals surface area (Å²) in [5.41, 5.74) is 1.06. The van der Waals surface area contributed by atoms with Gasteiger partial charge in [-0.05, 0) is 38.0 Å². The molecule has 2 amide bonds. The highest BCUT2D eigenvalue weighted by Gasteiger charge is 2.43. The molecule has 1 N–H and O–H groups in total. The van der Waals surface area contributed by atoms with Gasteiger partial charge in [0.05, 0.1) is 5.02 Å². The predicted molar refractivity (Wildman–Crippen MR) is 95.3 cm³/mol. The van der Waals surface area contributed by atoms with Crippen LogP contribution in [0.3, 0.4) is 0 Å². The number of carbonyl (C=O) groups is 1. The van der Waals surface area contributed by atoms with Crippen molar-refractivity contribution in [1.82, 2.24) is 9.88 Å². The molecule has 142 valence electrons. The number of ether oxygens (including phenoxy) is 2. The van der Waals surface area contributed by atoms with E-state index < -0.39 is 6.29 Å². The molecular weight excluding hydrogens is 380 g/mol. The minimum atomic E-state index is -3.70. The van der Waals surface area contributed by atoms with Crippen LogP contribution in [-0.2, 0) is 0 Å². The zero-order valence-corrected chi connectivity index (χ0v) is 15.1. The van der Waals surface area contributed by atoms with Crippen LogP contribution in [0.4, 0.5) is 19.4 Å². The Labute approximate surface area is 159 Å². The number of likely N-dealkylation sites (tertiary alicyclic amines) is 1. The van der Waals surface area contributed by atoms with E-state index in [1.54, 1.807) is 17.0 Å². The molecule has 1 atom stereocenters. The van der Waals surface area contributed by atoms with Crippen molar-refractivity contribution in [2.75, 3.05) is 11.9 Å². The number of nitrogens with zero attached hydrogens (tertiary/aromatic N) is 2. The molecule has 0 spiro atoms. The molecule has 2 aromatic rings. The van der Waals surface area contributed by atoms with Crippen LogP contribution in [0.2, 0.25) is 5.02 Å². The van der Waals surface area contributed by atoms with Gasteiger partial charge in [-0.1, -0.05) is 11.6 Å². The van der Waals surface area contributed by atoms with E-state index in [1.807, 2.05) is 6.92 Å². The third kappa shape index (κ3) is 3.49. The highest BCUT2D eigenvalue weighted by Crippen LogP contribution is 2.46. The van der Waals surface area contributed by atoms with Crippen molar-refractivity contribution >= 4 is 23.4 Å². The van der Waals surface area contributed by atoms with Gasteiger partial charge in [0.15, 0.2) is 11.5 Å². The average molecular weight is 396 g/mol. The van der Waals surface area contributed by atoms with Crippen molar-refractivity contribution in [3.63, 3.8) is 0 Å². The van der Waals surface area contributed by atoms with Crippen molar-refractivity contribution in [2.45, 2.75) is 32.1 Å². The van der Waals surface area contributed by atoms with Gasteiger partial charge in [0, 0.05) is 36.0 Å². The smallest absolute Gasteiger partial charge is 0.395 e. The van der Waals surface area contributed by atoms with Gasteiger partial charge in [-0.15, -0.1) is 8.78 Å². The minimum Gasteiger partial charge on any atom is -0.395 e. The van der Waals surface area contributed by atoms with Crippen molar-refractivity contribution in [1.29, 1.82) is 0 Å². The van der Waals surface area contributed by atoms with Gasteiger partial charge in [-0.2, -0.15) is 0 Å². The van der Waals surface area contributed by atoms with Crippen LogP contribution in [-0.4, -0.2) is 34.8 Å². The Morgan fingerprint density at radius 1 is 1.33 bits per heavy atom. The maximum Gasteiger partial charge on any atom is 0.586 e. The molecule has 1 aromatic heterocycles. The molecule has 1 fully saturated rings. The summed E-state index contributed by atoms with van der Waals surface area (Å²) in [4.78, 5) is 18.3. The number of fused-ring (bicyclic) bond motifs is 1. The lowest BCUT2D eigenvalue weighted by atomic mass is 10.1. The first-order valence-electron chi connectivity index (χ1n) is 8.46. The highest BCUT2D eigenvalue weighted by molar-refractivity contribution is 6.33. The number of aromatic nitrogens is 1.